The van der Waals surface area contributed by atoms with Crippen molar-refractivity contribution in [3.05, 3.63) is 24.4 Å². The van der Waals surface area contributed by atoms with Crippen LogP contribution in [0.25, 0.3) is 0 Å². The van der Waals surface area contributed by atoms with Gasteiger partial charge in [0.25, 0.3) is 0 Å². The molecule has 1 rings (SSSR count). The van der Waals surface area contributed by atoms with E-state index in [1.165, 1.54) is 5.12 Å². The summed E-state index contributed by atoms with van der Waals surface area (Å²) in [6, 6.07) is 0. The van der Waals surface area contributed by atoms with E-state index < -0.39 is 0 Å². The quantitative estimate of drug-likeness (QED) is 0.569. The Hall–Kier alpha value is -0.510. The van der Waals surface area contributed by atoms with Crippen molar-refractivity contribution in [2.45, 2.75) is 0 Å². The zero-order valence-corrected chi connectivity index (χ0v) is 6.81. The highest BCUT2D eigenvalue weighted by atomic mass is 35.5. The highest BCUT2D eigenvalue weighted by Gasteiger charge is 1.81. The van der Waals surface area contributed by atoms with Gasteiger partial charge in [-0.1, -0.05) is 6.08 Å². The summed E-state index contributed by atoms with van der Waals surface area (Å²) in [5.41, 5.74) is 0. The van der Waals surface area contributed by atoms with Crippen molar-refractivity contribution in [2.24, 2.45) is 10.9 Å². The molecule has 0 atom stereocenters. The van der Waals surface area contributed by atoms with Gasteiger partial charge < -0.3 is 0 Å². The minimum absolute atomic E-state index is 0. The first-order chi connectivity index (χ1) is 3.89. The van der Waals surface area contributed by atoms with Gasteiger partial charge in [0, 0.05) is 12.4 Å². The molecule has 0 radical (unpaired) electrons. The molecule has 0 spiro atoms. The zero-order chi connectivity index (χ0) is 5.82. The van der Waals surface area contributed by atoms with Crippen LogP contribution >= 0.6 is 24.8 Å². The van der Waals surface area contributed by atoms with Gasteiger partial charge in [0.15, 0.2) is 0 Å². The fourth-order valence-corrected chi connectivity index (χ4v) is 0.406. The first kappa shape index (κ1) is 12.2. The Morgan fingerprint density at radius 1 is 1.10 bits per heavy atom. The summed E-state index contributed by atoms with van der Waals surface area (Å²) in [5.74, 6) is 5.24. The van der Waals surface area contributed by atoms with Crippen LogP contribution in [0, 0.1) is 0 Å². The lowest BCUT2D eigenvalue weighted by atomic mass is 10.5. The summed E-state index contributed by atoms with van der Waals surface area (Å²) in [6.45, 7) is 0. The minimum Gasteiger partial charge on any atom is -0.227 e. The molecule has 0 saturated heterocycles. The summed E-state index contributed by atoms with van der Waals surface area (Å²) < 4.78 is 0. The van der Waals surface area contributed by atoms with E-state index in [0.717, 1.165) is 0 Å². The Morgan fingerprint density at radius 3 is 2.50 bits per heavy atom. The van der Waals surface area contributed by atoms with Crippen LogP contribution in [0.4, 0.5) is 0 Å². The number of nitrogens with two attached hydrogens (primary N) is 1. The molecule has 1 aliphatic rings. The fourth-order valence-electron chi connectivity index (χ4n) is 0.406. The van der Waals surface area contributed by atoms with E-state index in [1.807, 2.05) is 18.2 Å². The average Bonchev–Trinajstić information content (AvgIpc) is 1.94. The molecule has 0 amide bonds. The van der Waals surface area contributed by atoms with Crippen molar-refractivity contribution in [1.29, 1.82) is 0 Å². The van der Waals surface area contributed by atoms with E-state index in [-0.39, 0.29) is 24.8 Å². The molecule has 0 saturated carbocycles. The maximum Gasteiger partial charge on any atom is 0.0490 e. The number of rotatable bonds is 0. The summed E-state index contributed by atoms with van der Waals surface area (Å²) in [5, 5.41) is 4.99. The molecule has 0 unspecified atom stereocenters. The monoisotopic (exact) mass is 181 g/mol. The SMILES string of the molecule is Cl.Cl.NN1C=CC=CC=N1. The predicted octanol–water partition coefficient (Wildman–Crippen LogP) is 1.08. The first-order valence-electron chi connectivity index (χ1n) is 2.31. The van der Waals surface area contributed by atoms with Gasteiger partial charge >= 0.3 is 0 Å². The maximum atomic E-state index is 5.24. The van der Waals surface area contributed by atoms with Crippen LogP contribution in [0.1, 0.15) is 0 Å². The molecule has 0 fully saturated rings. The van der Waals surface area contributed by atoms with Gasteiger partial charge in [-0.15, -0.1) is 24.8 Å². The molecule has 0 aromatic carbocycles. The third kappa shape index (κ3) is 4.38. The molecule has 0 bridgehead atoms. The van der Waals surface area contributed by atoms with Crippen LogP contribution in [-0.4, -0.2) is 11.3 Å². The molecule has 3 nitrogen and oxygen atoms in total. The molecular formula is C5H9Cl2N3. The third-order valence-electron chi connectivity index (χ3n) is 0.747. The van der Waals surface area contributed by atoms with Crippen molar-refractivity contribution < 1.29 is 0 Å². The molecule has 5 heteroatoms. The topological polar surface area (TPSA) is 41.6 Å². The van der Waals surface area contributed by atoms with Gasteiger partial charge in [0.1, 0.15) is 0 Å². The lowest BCUT2D eigenvalue weighted by Gasteiger charge is -2.00. The molecule has 1 heterocycles. The Morgan fingerprint density at radius 2 is 1.80 bits per heavy atom. The van der Waals surface area contributed by atoms with Crippen LogP contribution in [0.3, 0.4) is 0 Å². The van der Waals surface area contributed by atoms with Crippen molar-refractivity contribution in [3.63, 3.8) is 0 Å². The van der Waals surface area contributed by atoms with Crippen molar-refractivity contribution in [2.75, 3.05) is 0 Å². The summed E-state index contributed by atoms with van der Waals surface area (Å²) >= 11 is 0. The number of allylic oxidation sites excluding steroid dienone is 3. The lowest BCUT2D eigenvalue weighted by molar-refractivity contribution is 0.424. The summed E-state index contributed by atoms with van der Waals surface area (Å²) in [7, 11) is 0. The van der Waals surface area contributed by atoms with Crippen molar-refractivity contribution in [1.82, 2.24) is 5.12 Å². The number of hydrazine groups is 1. The second-order valence-corrected chi connectivity index (χ2v) is 1.37. The highest BCUT2D eigenvalue weighted by Crippen LogP contribution is 1.85. The smallest absolute Gasteiger partial charge is 0.0490 e. The first-order valence-corrected chi connectivity index (χ1v) is 2.31. The van der Waals surface area contributed by atoms with Gasteiger partial charge in [0.05, 0.1) is 0 Å². The van der Waals surface area contributed by atoms with E-state index >= 15 is 0 Å². The van der Waals surface area contributed by atoms with E-state index in [0.29, 0.717) is 0 Å². The fraction of sp³-hybridized carbons (Fsp3) is 0. The van der Waals surface area contributed by atoms with Gasteiger partial charge in [-0.2, -0.15) is 5.10 Å². The van der Waals surface area contributed by atoms with Crippen molar-refractivity contribution >= 4 is 31.0 Å². The molecule has 2 N–H and O–H groups in total. The van der Waals surface area contributed by atoms with Gasteiger partial charge in [0.2, 0.25) is 0 Å². The number of hydrogen-bond acceptors (Lipinski definition) is 3. The average molecular weight is 182 g/mol. The molecule has 10 heavy (non-hydrogen) atoms. The Balaban J connectivity index is 0. The number of nitrogens with zero attached hydrogens (tertiary/aromatic N) is 2. The molecule has 0 aromatic rings. The summed E-state index contributed by atoms with van der Waals surface area (Å²) in [4.78, 5) is 0. The highest BCUT2D eigenvalue weighted by molar-refractivity contribution is 5.85. The number of hydrogen-bond donors (Lipinski definition) is 1. The largest absolute Gasteiger partial charge is 0.227 e. The van der Waals surface area contributed by atoms with Crippen LogP contribution in [-0.2, 0) is 0 Å². The summed E-state index contributed by atoms with van der Waals surface area (Å²) in [6.07, 6.45) is 8.77. The second kappa shape index (κ2) is 6.61. The predicted molar refractivity (Wildman–Crippen MR) is 47.3 cm³/mol. The molecule has 0 aliphatic carbocycles. The van der Waals surface area contributed by atoms with E-state index in [4.69, 9.17) is 5.84 Å². The Bertz CT molecular complexity index is 137. The van der Waals surface area contributed by atoms with Crippen LogP contribution in [0.15, 0.2) is 29.5 Å². The third-order valence-corrected chi connectivity index (χ3v) is 0.747. The van der Waals surface area contributed by atoms with Crippen LogP contribution in [0.2, 0.25) is 0 Å². The van der Waals surface area contributed by atoms with Crippen LogP contribution < -0.4 is 5.84 Å². The minimum atomic E-state index is 0. The maximum absolute atomic E-state index is 5.24. The van der Waals surface area contributed by atoms with Gasteiger partial charge in [-0.05, 0) is 12.2 Å². The number of hydrazone groups is 1. The van der Waals surface area contributed by atoms with E-state index in [2.05, 4.69) is 5.10 Å². The Kier molecular flexibility index (Phi) is 8.06. The normalized spacial score (nSPS) is 13.5. The zero-order valence-electron chi connectivity index (χ0n) is 5.18. The van der Waals surface area contributed by atoms with E-state index in [1.54, 1.807) is 12.4 Å². The van der Waals surface area contributed by atoms with E-state index in [9.17, 15) is 0 Å². The molecular weight excluding hydrogens is 173 g/mol. The second-order valence-electron chi connectivity index (χ2n) is 1.37. The lowest BCUT2D eigenvalue weighted by Crippen LogP contribution is -2.17. The van der Waals surface area contributed by atoms with Gasteiger partial charge in [-0.25, -0.2) is 11.0 Å². The Labute approximate surface area is 72.1 Å². The standard InChI is InChI=1S/C5H7N3.2ClH/c6-8-5-3-1-2-4-7-8;;/h1-5H,6H2;2*1H. The molecule has 0 aromatic heterocycles. The van der Waals surface area contributed by atoms with Crippen LogP contribution in [0.5, 0.6) is 0 Å². The number of halogens is 2. The van der Waals surface area contributed by atoms with Gasteiger partial charge in [-0.3, -0.25) is 0 Å². The molecule has 58 valence electrons. The van der Waals surface area contributed by atoms with Crippen molar-refractivity contribution in [3.8, 4) is 0 Å². The molecule has 1 aliphatic heterocycles.